The molecule has 4 rings (SSSR count). The molecule has 2 amide bonds. The van der Waals surface area contributed by atoms with Crippen LogP contribution >= 0.6 is 11.6 Å². The lowest BCUT2D eigenvalue weighted by molar-refractivity contribution is -0.383. The molecule has 9 nitrogen and oxygen atoms in total. The molecule has 0 spiro atoms. The maximum atomic E-state index is 13.8. The molecule has 0 aliphatic carbocycles. The van der Waals surface area contributed by atoms with E-state index in [0.29, 0.717) is 16.1 Å². The van der Waals surface area contributed by atoms with Crippen molar-refractivity contribution in [3.8, 4) is 0 Å². The standard InChI is InChI=1S/C22H20ClFN4O5/c1-26-18(7-13-11-25-16-8-15(24)9-17(19(13)16)28(32)33)20(29)27(2)22(31,21(26)30)10-12-3-5-14(23)6-4-12/h3-6,8-9,11,18,25,31H,7,10H2,1-2H3/t18-,22+/m0/s1. The van der Waals surface area contributed by atoms with Crippen LogP contribution in [0.4, 0.5) is 10.1 Å². The van der Waals surface area contributed by atoms with Gasteiger partial charge in [0.2, 0.25) is 11.6 Å². The van der Waals surface area contributed by atoms with Crippen LogP contribution in [0.2, 0.25) is 5.02 Å². The van der Waals surface area contributed by atoms with E-state index in [4.69, 9.17) is 11.6 Å². The van der Waals surface area contributed by atoms with Gasteiger partial charge in [-0.05, 0) is 29.3 Å². The molecule has 1 aliphatic heterocycles. The molecule has 172 valence electrons. The molecule has 2 N–H and O–H groups in total. The average Bonchev–Trinajstić information content (AvgIpc) is 3.17. The molecule has 11 heteroatoms. The average molecular weight is 475 g/mol. The normalized spacial score (nSPS) is 21.2. The van der Waals surface area contributed by atoms with E-state index in [2.05, 4.69) is 4.98 Å². The third-order valence-corrected chi connectivity index (χ3v) is 6.33. The van der Waals surface area contributed by atoms with Crippen LogP contribution < -0.4 is 0 Å². The first kappa shape index (κ1) is 22.7. The number of benzene rings is 2. The summed E-state index contributed by atoms with van der Waals surface area (Å²) < 4.78 is 13.8. The number of H-pyrrole nitrogens is 1. The molecule has 0 saturated carbocycles. The van der Waals surface area contributed by atoms with Crippen molar-refractivity contribution in [1.82, 2.24) is 14.8 Å². The number of nitro benzene ring substituents is 1. The number of aliphatic hydroxyl groups is 1. The number of fused-ring (bicyclic) bond motifs is 1. The second kappa shape index (κ2) is 8.13. The van der Waals surface area contributed by atoms with E-state index in [-0.39, 0.29) is 23.7 Å². The molecule has 1 aliphatic rings. The highest BCUT2D eigenvalue weighted by molar-refractivity contribution is 6.30. The van der Waals surface area contributed by atoms with Gasteiger partial charge in [0, 0.05) is 38.2 Å². The Kier molecular flexibility index (Phi) is 5.59. The minimum Gasteiger partial charge on any atom is -0.363 e. The van der Waals surface area contributed by atoms with Crippen molar-refractivity contribution in [3.05, 3.63) is 74.7 Å². The molecule has 2 aromatic carbocycles. The Hall–Kier alpha value is -3.50. The zero-order valence-electron chi connectivity index (χ0n) is 17.7. The Labute approximate surface area is 192 Å². The van der Waals surface area contributed by atoms with Gasteiger partial charge in [-0.25, -0.2) is 4.39 Å². The second-order valence-electron chi connectivity index (χ2n) is 8.07. The monoisotopic (exact) mass is 474 g/mol. The van der Waals surface area contributed by atoms with Gasteiger partial charge >= 0.3 is 0 Å². The van der Waals surface area contributed by atoms with Crippen LogP contribution in [0.3, 0.4) is 0 Å². The number of hydrogen-bond acceptors (Lipinski definition) is 5. The maximum absolute atomic E-state index is 13.8. The van der Waals surface area contributed by atoms with Crippen LogP contribution in [0.1, 0.15) is 11.1 Å². The van der Waals surface area contributed by atoms with Crippen molar-refractivity contribution in [1.29, 1.82) is 0 Å². The number of aromatic amines is 1. The predicted molar refractivity (Wildman–Crippen MR) is 118 cm³/mol. The fourth-order valence-electron chi connectivity index (χ4n) is 4.24. The number of halogens is 2. The van der Waals surface area contributed by atoms with Crippen LogP contribution in [0.5, 0.6) is 0 Å². The van der Waals surface area contributed by atoms with Gasteiger partial charge in [-0.15, -0.1) is 0 Å². The SMILES string of the molecule is CN1C(=O)[C@](O)(Cc2ccc(Cl)cc2)N(C)C(=O)[C@@H]1Cc1c[nH]c2cc(F)cc([N+](=O)[O-])c12. The van der Waals surface area contributed by atoms with E-state index in [9.17, 15) is 29.2 Å². The number of likely N-dealkylation sites (N-methyl/N-ethyl adjacent to an activating group) is 2. The quantitative estimate of drug-likeness (QED) is 0.435. The zero-order valence-corrected chi connectivity index (χ0v) is 18.5. The fourth-order valence-corrected chi connectivity index (χ4v) is 4.36. The highest BCUT2D eigenvalue weighted by Gasteiger charge is 2.53. The first-order valence-electron chi connectivity index (χ1n) is 9.98. The number of hydrogen-bond donors (Lipinski definition) is 2. The van der Waals surface area contributed by atoms with Crippen molar-refractivity contribution >= 4 is 40.0 Å². The number of aromatic nitrogens is 1. The smallest absolute Gasteiger partial charge is 0.281 e. The summed E-state index contributed by atoms with van der Waals surface area (Å²) in [7, 11) is 2.73. The Balaban J connectivity index is 1.66. The molecule has 1 fully saturated rings. The number of carbonyl (C=O) groups is 2. The van der Waals surface area contributed by atoms with Crippen LogP contribution in [0.25, 0.3) is 10.9 Å². The van der Waals surface area contributed by atoms with Crippen molar-refractivity contribution in [2.45, 2.75) is 24.6 Å². The number of nitro groups is 1. The summed E-state index contributed by atoms with van der Waals surface area (Å²) in [4.78, 5) is 42.1. The van der Waals surface area contributed by atoms with E-state index in [1.54, 1.807) is 24.3 Å². The van der Waals surface area contributed by atoms with E-state index >= 15 is 0 Å². The van der Waals surface area contributed by atoms with E-state index in [1.165, 1.54) is 20.3 Å². The third-order valence-electron chi connectivity index (χ3n) is 6.08. The van der Waals surface area contributed by atoms with Crippen molar-refractivity contribution < 1.29 is 24.0 Å². The summed E-state index contributed by atoms with van der Waals surface area (Å²) in [6, 6.07) is 7.47. The lowest BCUT2D eigenvalue weighted by Gasteiger charge is -2.47. The summed E-state index contributed by atoms with van der Waals surface area (Å²) in [6.07, 6.45) is 1.26. The van der Waals surface area contributed by atoms with E-state index < -0.39 is 40.0 Å². The summed E-state index contributed by atoms with van der Waals surface area (Å²) >= 11 is 5.89. The number of nitrogens with zero attached hydrogens (tertiary/aromatic N) is 3. The molecule has 1 saturated heterocycles. The van der Waals surface area contributed by atoms with Gasteiger partial charge in [0.25, 0.3) is 11.6 Å². The van der Waals surface area contributed by atoms with Crippen LogP contribution in [-0.2, 0) is 22.4 Å². The Morgan fingerprint density at radius 3 is 2.55 bits per heavy atom. The summed E-state index contributed by atoms with van der Waals surface area (Å²) in [5, 5.41) is 23.3. The minimum absolute atomic E-state index is 0.0606. The van der Waals surface area contributed by atoms with Crippen molar-refractivity contribution in [3.63, 3.8) is 0 Å². The molecule has 0 unspecified atom stereocenters. The summed E-state index contributed by atoms with van der Waals surface area (Å²) in [5.41, 5.74) is -1.35. The number of piperazine rings is 1. The predicted octanol–water partition coefficient (Wildman–Crippen LogP) is 2.64. The third kappa shape index (κ3) is 3.81. The van der Waals surface area contributed by atoms with Gasteiger partial charge in [-0.2, -0.15) is 0 Å². The Morgan fingerprint density at radius 2 is 1.91 bits per heavy atom. The van der Waals surface area contributed by atoms with Gasteiger partial charge in [0.1, 0.15) is 11.9 Å². The van der Waals surface area contributed by atoms with Crippen molar-refractivity contribution in [2.24, 2.45) is 0 Å². The fraction of sp³-hybridized carbons (Fsp3) is 0.273. The number of carbonyl (C=O) groups excluding carboxylic acids is 2. The molecular weight excluding hydrogens is 455 g/mol. The Bertz CT molecular complexity index is 1280. The summed E-state index contributed by atoms with van der Waals surface area (Å²) in [6.45, 7) is 0. The van der Waals surface area contributed by atoms with Gasteiger partial charge in [-0.3, -0.25) is 19.7 Å². The van der Waals surface area contributed by atoms with Gasteiger partial charge in [-0.1, -0.05) is 23.7 Å². The summed E-state index contributed by atoms with van der Waals surface area (Å²) in [5.74, 6) is -1.99. The number of non-ortho nitro benzene ring substituents is 1. The number of amides is 2. The molecule has 0 radical (unpaired) electrons. The molecule has 2 atom stereocenters. The van der Waals surface area contributed by atoms with Crippen LogP contribution in [0, 0.1) is 15.9 Å². The highest BCUT2D eigenvalue weighted by Crippen LogP contribution is 2.33. The van der Waals surface area contributed by atoms with Crippen LogP contribution in [-0.4, -0.2) is 62.5 Å². The van der Waals surface area contributed by atoms with Gasteiger partial charge in [0.15, 0.2) is 0 Å². The lowest BCUT2D eigenvalue weighted by Crippen LogP contribution is -2.70. The van der Waals surface area contributed by atoms with Crippen molar-refractivity contribution in [2.75, 3.05) is 14.1 Å². The maximum Gasteiger partial charge on any atom is 0.281 e. The molecular formula is C22H20ClFN4O5. The largest absolute Gasteiger partial charge is 0.363 e. The van der Waals surface area contributed by atoms with E-state index in [1.807, 2.05) is 0 Å². The molecule has 33 heavy (non-hydrogen) atoms. The molecule has 1 aromatic heterocycles. The van der Waals surface area contributed by atoms with Gasteiger partial charge < -0.3 is 19.9 Å². The number of nitrogens with one attached hydrogen (secondary N) is 1. The van der Waals surface area contributed by atoms with Crippen LogP contribution in [0.15, 0.2) is 42.6 Å². The number of rotatable bonds is 5. The first-order chi connectivity index (χ1) is 15.5. The minimum atomic E-state index is -2.11. The molecule has 2 heterocycles. The van der Waals surface area contributed by atoms with Gasteiger partial charge in [0.05, 0.1) is 21.9 Å². The molecule has 0 bridgehead atoms. The highest BCUT2D eigenvalue weighted by atomic mass is 35.5. The first-order valence-corrected chi connectivity index (χ1v) is 10.4. The zero-order chi connectivity index (χ0) is 24.1. The molecule has 3 aromatic rings. The topological polar surface area (TPSA) is 120 Å². The Morgan fingerprint density at radius 1 is 1.24 bits per heavy atom. The van der Waals surface area contributed by atoms with E-state index in [0.717, 1.165) is 21.9 Å². The lowest BCUT2D eigenvalue weighted by atomic mass is 9.92. The second-order valence-corrected chi connectivity index (χ2v) is 8.51.